The number of fused-ring (bicyclic) bond motifs is 2. The zero-order valence-corrected chi connectivity index (χ0v) is 32.2. The Morgan fingerprint density at radius 2 is 1.13 bits per heavy atom. The molecule has 4 aromatic carbocycles. The molecule has 0 bridgehead atoms. The third-order valence-corrected chi connectivity index (χ3v) is 10.1. The van der Waals surface area contributed by atoms with Crippen LogP contribution in [-0.4, -0.2) is 38.5 Å². The van der Waals surface area contributed by atoms with Crippen LogP contribution in [0.15, 0.2) is 102 Å². The average molecular weight is 792 g/mol. The van der Waals surface area contributed by atoms with E-state index in [-0.39, 0.29) is 29.4 Å². The summed E-state index contributed by atoms with van der Waals surface area (Å²) in [6.07, 6.45) is 3.46. The molecule has 12 heteroatoms. The monoisotopic (exact) mass is 790 g/mol. The fourth-order valence-electron chi connectivity index (χ4n) is 5.84. The molecule has 0 amide bonds. The maximum Gasteiger partial charge on any atom is 0.494 e. The molecule has 2 unspecified atom stereocenters. The first-order chi connectivity index (χ1) is 25.5. The van der Waals surface area contributed by atoms with Crippen LogP contribution in [0.3, 0.4) is 0 Å². The molecule has 2 N–H and O–H groups in total. The number of rotatable bonds is 4. The minimum atomic E-state index is -0.918. The Morgan fingerprint density at radius 1 is 0.667 bits per heavy atom. The van der Waals surface area contributed by atoms with Gasteiger partial charge in [-0.3, -0.25) is 9.97 Å². The first kappa shape index (κ1) is 40.1. The van der Waals surface area contributed by atoms with E-state index in [2.05, 4.69) is 69.3 Å². The average Bonchev–Trinajstić information content (AvgIpc) is 3.36. The maximum atomic E-state index is 13.9. The van der Waals surface area contributed by atoms with E-state index in [1.807, 2.05) is 60.7 Å². The van der Waals surface area contributed by atoms with Crippen molar-refractivity contribution < 1.29 is 28.3 Å². The van der Waals surface area contributed by atoms with Crippen molar-refractivity contribution >= 4 is 61.4 Å². The highest BCUT2D eigenvalue weighted by molar-refractivity contribution is 9.10. The Labute approximate surface area is 322 Å². The van der Waals surface area contributed by atoms with Crippen molar-refractivity contribution in [2.24, 2.45) is 0 Å². The summed E-state index contributed by atoms with van der Waals surface area (Å²) < 4.78 is 39.4. The second kappa shape index (κ2) is 16.5. The summed E-state index contributed by atoms with van der Waals surface area (Å²) in [4.78, 5) is 14.3. The van der Waals surface area contributed by atoms with Crippen molar-refractivity contribution in [3.63, 3.8) is 0 Å². The van der Waals surface area contributed by atoms with Gasteiger partial charge in [-0.05, 0) is 108 Å². The van der Waals surface area contributed by atoms with Crippen LogP contribution in [0.5, 0.6) is 0 Å². The Morgan fingerprint density at radius 3 is 1.63 bits per heavy atom. The van der Waals surface area contributed by atoms with Gasteiger partial charge in [0.05, 0.1) is 48.9 Å². The van der Waals surface area contributed by atoms with Gasteiger partial charge in [0.2, 0.25) is 0 Å². The van der Waals surface area contributed by atoms with Crippen molar-refractivity contribution in [1.29, 1.82) is 0 Å². The second-order valence-corrected chi connectivity index (χ2v) is 14.7. The molecule has 1 aliphatic heterocycles. The van der Waals surface area contributed by atoms with Crippen LogP contribution in [-0.2, 0) is 9.31 Å². The molecule has 54 heavy (non-hydrogen) atoms. The van der Waals surface area contributed by atoms with Gasteiger partial charge < -0.3 is 19.5 Å². The number of hydrogen-bond acceptors (Lipinski definition) is 6. The maximum absolute atomic E-state index is 13.9. The predicted octanol–water partition coefficient (Wildman–Crippen LogP) is 10.4. The number of aliphatic hydroxyl groups is 2. The lowest BCUT2D eigenvalue weighted by molar-refractivity contribution is 0.00578. The van der Waals surface area contributed by atoms with Crippen LogP contribution in [0.4, 0.5) is 20.2 Å². The molecule has 2 atom stereocenters. The van der Waals surface area contributed by atoms with Gasteiger partial charge in [-0.2, -0.15) is 0 Å². The number of pyridine rings is 2. The summed E-state index contributed by atoms with van der Waals surface area (Å²) in [6.45, 7) is 25.4. The van der Waals surface area contributed by atoms with Gasteiger partial charge >= 0.3 is 7.12 Å². The molecule has 6 aromatic rings. The van der Waals surface area contributed by atoms with Crippen LogP contribution in [0.2, 0.25) is 0 Å². The van der Waals surface area contributed by atoms with E-state index in [0.717, 1.165) is 45.0 Å². The first-order valence-electron chi connectivity index (χ1n) is 17.0. The molecule has 1 saturated heterocycles. The number of benzene rings is 4. The Bertz CT molecular complexity index is 2370. The topological polar surface area (TPSA) is 93.4 Å². The SMILES string of the molecule is CC(O)c1c(F)cncc1Br.[C-]#[N+]c1ccc2cc(-c3cncc(F)c3C(C)O)ccc2c1.[C-]#[N+]c1ccc2cc(B3OC(C)(C)C(C)(C)O3)ccc2c1. The predicted molar refractivity (Wildman–Crippen MR) is 212 cm³/mol. The Kier molecular flexibility index (Phi) is 12.3. The van der Waals surface area contributed by atoms with Gasteiger partial charge in [-0.15, -0.1) is 0 Å². The molecule has 8 nitrogen and oxygen atoms in total. The molecule has 1 aliphatic rings. The summed E-state index contributed by atoms with van der Waals surface area (Å²) in [6, 6.07) is 22.9. The van der Waals surface area contributed by atoms with E-state index in [4.69, 9.17) is 27.6 Å². The van der Waals surface area contributed by atoms with E-state index in [9.17, 15) is 13.9 Å². The van der Waals surface area contributed by atoms with Crippen LogP contribution in [0.1, 0.15) is 64.9 Å². The summed E-state index contributed by atoms with van der Waals surface area (Å²) in [7, 11) is -0.347. The highest BCUT2D eigenvalue weighted by Crippen LogP contribution is 2.37. The molecule has 7 rings (SSSR count). The summed E-state index contributed by atoms with van der Waals surface area (Å²) in [5.74, 6) is -1.01. The summed E-state index contributed by atoms with van der Waals surface area (Å²) in [5, 5.41) is 23.0. The quantitative estimate of drug-likeness (QED) is 0.136. The molecule has 0 saturated carbocycles. The zero-order valence-electron chi connectivity index (χ0n) is 30.6. The van der Waals surface area contributed by atoms with Crippen LogP contribution in [0.25, 0.3) is 42.4 Å². The lowest BCUT2D eigenvalue weighted by Gasteiger charge is -2.32. The zero-order chi connectivity index (χ0) is 39.4. The van der Waals surface area contributed by atoms with Crippen LogP contribution in [0, 0.1) is 24.8 Å². The van der Waals surface area contributed by atoms with Crippen LogP contribution < -0.4 is 5.46 Å². The minimum Gasteiger partial charge on any atom is -0.399 e. The highest BCUT2D eigenvalue weighted by Gasteiger charge is 2.51. The van der Waals surface area contributed by atoms with E-state index >= 15 is 0 Å². The summed E-state index contributed by atoms with van der Waals surface area (Å²) in [5.41, 5.74) is 3.44. The third kappa shape index (κ3) is 8.82. The summed E-state index contributed by atoms with van der Waals surface area (Å²) >= 11 is 3.09. The fourth-order valence-corrected chi connectivity index (χ4v) is 6.48. The molecule has 274 valence electrons. The molecular formula is C42H38BBrF2N4O4. The van der Waals surface area contributed by atoms with Crippen molar-refractivity contribution in [1.82, 2.24) is 9.97 Å². The Balaban J connectivity index is 0.000000165. The standard InChI is InChI=1S/C18H13FN2O.C17H18BNO2.C7H7BrFNO/c1-11(22)18-16(9-21-10-17(18)19)14-4-3-13-8-15(20-2)6-5-12(13)7-14;1-16(2)17(3,4)21-18(20-16)14-8-6-13-11-15(19-5)9-7-12(13)10-14;1-4(11)7-5(8)2-10-3-6(7)9/h3-11,22H,1H3;6-11H,1-4H3;2-4,11H,1H3. The molecule has 0 radical (unpaired) electrons. The first-order valence-corrected chi connectivity index (χ1v) is 17.8. The van der Waals surface area contributed by atoms with Crippen molar-refractivity contribution in [2.45, 2.75) is 65.0 Å². The lowest BCUT2D eigenvalue weighted by Crippen LogP contribution is -2.41. The van der Waals surface area contributed by atoms with E-state index < -0.39 is 23.8 Å². The van der Waals surface area contributed by atoms with Crippen LogP contribution >= 0.6 is 15.9 Å². The van der Waals surface area contributed by atoms with E-state index in [0.29, 0.717) is 21.4 Å². The van der Waals surface area contributed by atoms with Gasteiger partial charge in [0, 0.05) is 33.6 Å². The smallest absolute Gasteiger partial charge is 0.399 e. The molecule has 3 heterocycles. The molecule has 2 aromatic heterocycles. The van der Waals surface area contributed by atoms with Gasteiger partial charge in [-0.1, -0.05) is 54.6 Å². The van der Waals surface area contributed by atoms with Crippen molar-refractivity contribution in [3.8, 4) is 11.1 Å². The molecule has 0 spiro atoms. The highest BCUT2D eigenvalue weighted by atomic mass is 79.9. The van der Waals surface area contributed by atoms with Gasteiger partial charge in [0.25, 0.3) is 0 Å². The number of aromatic nitrogens is 2. The van der Waals surface area contributed by atoms with E-state index in [1.165, 1.54) is 20.0 Å². The largest absolute Gasteiger partial charge is 0.494 e. The minimum absolute atomic E-state index is 0.243. The molecule has 0 aliphatic carbocycles. The van der Waals surface area contributed by atoms with Crippen molar-refractivity contribution in [3.05, 3.63) is 148 Å². The molecule has 1 fully saturated rings. The Hall–Kier alpha value is -5.08. The number of nitrogens with zero attached hydrogens (tertiary/aromatic N) is 4. The number of aliphatic hydroxyl groups excluding tert-OH is 2. The normalized spacial score (nSPS) is 15.2. The van der Waals surface area contributed by atoms with Gasteiger partial charge in [0.15, 0.2) is 11.4 Å². The fraction of sp³-hybridized carbons (Fsp3) is 0.238. The second-order valence-electron chi connectivity index (χ2n) is 13.8. The van der Waals surface area contributed by atoms with Gasteiger partial charge in [-0.25, -0.2) is 18.5 Å². The lowest BCUT2D eigenvalue weighted by atomic mass is 9.78. The molecular weight excluding hydrogens is 753 g/mol. The third-order valence-electron chi connectivity index (χ3n) is 9.43. The van der Waals surface area contributed by atoms with E-state index in [1.54, 1.807) is 12.3 Å². The van der Waals surface area contributed by atoms with Gasteiger partial charge in [0.1, 0.15) is 11.6 Å². The number of halogens is 3. The number of hydrogen-bond donors (Lipinski definition) is 2. The van der Waals surface area contributed by atoms with Crippen molar-refractivity contribution in [2.75, 3.05) is 0 Å².